The summed E-state index contributed by atoms with van der Waals surface area (Å²) < 4.78 is 53.0. The molecule has 12 nitrogen and oxygen atoms in total. The van der Waals surface area contributed by atoms with Crippen LogP contribution in [0.25, 0.3) is 0 Å². The first-order chi connectivity index (χ1) is 14.5. The van der Waals surface area contributed by atoms with Crippen LogP contribution in [0.3, 0.4) is 0 Å². The normalized spacial score (nSPS) is 12.8. The molecule has 0 spiro atoms. The lowest BCUT2D eigenvalue weighted by atomic mass is 10.1. The summed E-state index contributed by atoms with van der Waals surface area (Å²) in [6.07, 6.45) is 0.479. The molecule has 182 valence electrons. The highest BCUT2D eigenvalue weighted by Crippen LogP contribution is 2.47. The zero-order chi connectivity index (χ0) is 23.9. The third kappa shape index (κ3) is 13.0. The zero-order valence-corrected chi connectivity index (χ0v) is 20.4. The lowest BCUT2D eigenvalue weighted by molar-refractivity contribution is -0.149. The minimum Gasteiger partial charge on any atom is -0.466 e. The Morgan fingerprint density at radius 1 is 0.806 bits per heavy atom. The van der Waals surface area contributed by atoms with E-state index in [0.29, 0.717) is 0 Å². The molecule has 0 aromatic rings. The van der Waals surface area contributed by atoms with Gasteiger partial charge in [0.2, 0.25) is 5.91 Å². The summed E-state index contributed by atoms with van der Waals surface area (Å²) in [6.45, 7) is 1.18. The van der Waals surface area contributed by atoms with Crippen LogP contribution in [0.5, 0.6) is 0 Å². The quantitative estimate of drug-likeness (QED) is 0.182. The van der Waals surface area contributed by atoms with Gasteiger partial charge in [0, 0.05) is 41.8 Å². The van der Waals surface area contributed by atoms with Gasteiger partial charge in [0.05, 0.1) is 25.5 Å². The van der Waals surface area contributed by atoms with Crippen molar-refractivity contribution >= 4 is 33.0 Å². The monoisotopic (exact) mass is 489 g/mol. The average molecular weight is 489 g/mol. The smallest absolute Gasteiger partial charge is 0.330 e. The molecular formula is C17H33NO11P2. The predicted molar refractivity (Wildman–Crippen MR) is 111 cm³/mol. The van der Waals surface area contributed by atoms with Gasteiger partial charge in [-0.2, -0.15) is 0 Å². The van der Waals surface area contributed by atoms with Crippen molar-refractivity contribution in [1.82, 2.24) is 5.32 Å². The van der Waals surface area contributed by atoms with Crippen molar-refractivity contribution in [2.45, 2.75) is 38.6 Å². The SMILES string of the molecule is COP(=O)(CCCOC(=O)CCC(NC(C)=O)C(=O)OCCCP(=O)(OC)OC)OC. The van der Waals surface area contributed by atoms with E-state index in [9.17, 15) is 23.5 Å². The van der Waals surface area contributed by atoms with Crippen molar-refractivity contribution in [3.05, 3.63) is 0 Å². The summed E-state index contributed by atoms with van der Waals surface area (Å²) in [5, 5.41) is 2.42. The molecule has 31 heavy (non-hydrogen) atoms. The fourth-order valence-electron chi connectivity index (χ4n) is 2.32. The Kier molecular flexibility index (Phi) is 14.9. The second kappa shape index (κ2) is 15.5. The van der Waals surface area contributed by atoms with Gasteiger partial charge < -0.3 is 32.9 Å². The first kappa shape index (κ1) is 29.7. The molecular weight excluding hydrogens is 456 g/mol. The topological polar surface area (TPSA) is 153 Å². The van der Waals surface area contributed by atoms with E-state index < -0.39 is 39.1 Å². The van der Waals surface area contributed by atoms with Crippen LogP contribution in [-0.2, 0) is 51.1 Å². The Labute approximate surface area is 182 Å². The van der Waals surface area contributed by atoms with Crippen LogP contribution in [-0.4, -0.2) is 77.9 Å². The Morgan fingerprint density at radius 3 is 1.68 bits per heavy atom. The number of nitrogens with one attached hydrogen (secondary N) is 1. The summed E-state index contributed by atoms with van der Waals surface area (Å²) in [5.41, 5.74) is 0. The number of rotatable bonds is 17. The molecule has 14 heteroatoms. The zero-order valence-electron chi connectivity index (χ0n) is 18.6. The van der Waals surface area contributed by atoms with Crippen LogP contribution in [0.1, 0.15) is 32.6 Å². The molecule has 0 aliphatic heterocycles. The maximum absolute atomic E-state index is 12.2. The minimum absolute atomic E-state index is 0.00382. The van der Waals surface area contributed by atoms with Gasteiger partial charge in [0.25, 0.3) is 0 Å². The van der Waals surface area contributed by atoms with E-state index in [0.717, 1.165) is 0 Å². The van der Waals surface area contributed by atoms with Crippen LogP contribution in [0, 0.1) is 0 Å². The van der Waals surface area contributed by atoms with Gasteiger partial charge in [-0.1, -0.05) is 0 Å². The maximum atomic E-state index is 12.2. The summed E-state index contributed by atoms with van der Waals surface area (Å²) in [7, 11) is -1.30. The summed E-state index contributed by atoms with van der Waals surface area (Å²) in [4.78, 5) is 35.4. The van der Waals surface area contributed by atoms with Crippen molar-refractivity contribution in [2.24, 2.45) is 0 Å². The van der Waals surface area contributed by atoms with E-state index in [1.54, 1.807) is 0 Å². The van der Waals surface area contributed by atoms with E-state index in [4.69, 9.17) is 27.6 Å². The van der Waals surface area contributed by atoms with Gasteiger partial charge >= 0.3 is 27.1 Å². The Balaban J connectivity index is 4.41. The van der Waals surface area contributed by atoms with Gasteiger partial charge in [-0.25, -0.2) is 4.79 Å². The van der Waals surface area contributed by atoms with Crippen molar-refractivity contribution in [1.29, 1.82) is 0 Å². The van der Waals surface area contributed by atoms with Crippen molar-refractivity contribution in [3.63, 3.8) is 0 Å². The van der Waals surface area contributed by atoms with Crippen molar-refractivity contribution in [3.8, 4) is 0 Å². The number of carbonyl (C=O) groups is 3. The molecule has 0 aromatic carbocycles. The van der Waals surface area contributed by atoms with Crippen LogP contribution >= 0.6 is 15.2 Å². The molecule has 0 fully saturated rings. The highest BCUT2D eigenvalue weighted by atomic mass is 31.2. The lowest BCUT2D eigenvalue weighted by Gasteiger charge is -2.17. The third-order valence-electron chi connectivity index (χ3n) is 4.07. The largest absolute Gasteiger partial charge is 0.466 e. The first-order valence-electron chi connectivity index (χ1n) is 9.55. The van der Waals surface area contributed by atoms with E-state index in [2.05, 4.69) is 5.32 Å². The highest BCUT2D eigenvalue weighted by Gasteiger charge is 2.25. The van der Waals surface area contributed by atoms with Crippen molar-refractivity contribution in [2.75, 3.05) is 54.0 Å². The molecule has 0 saturated carbocycles. The van der Waals surface area contributed by atoms with E-state index in [1.165, 1.54) is 35.4 Å². The predicted octanol–water partition coefficient (Wildman–Crippen LogP) is 2.11. The van der Waals surface area contributed by atoms with E-state index in [-0.39, 0.29) is 51.2 Å². The molecule has 0 rings (SSSR count). The van der Waals surface area contributed by atoms with Crippen LogP contribution < -0.4 is 5.32 Å². The Bertz CT molecular complexity index is 654. The number of esters is 2. The third-order valence-corrected chi connectivity index (χ3v) is 8.03. The minimum atomic E-state index is -3.20. The number of ether oxygens (including phenoxy) is 2. The number of amides is 1. The molecule has 0 aliphatic carbocycles. The summed E-state index contributed by atoms with van der Waals surface area (Å²) in [6, 6.07) is -1.04. The summed E-state index contributed by atoms with van der Waals surface area (Å²) in [5.74, 6) is -1.78. The maximum Gasteiger partial charge on any atom is 0.330 e. The second-order valence-electron chi connectivity index (χ2n) is 6.29. The van der Waals surface area contributed by atoms with Crippen LogP contribution in [0.15, 0.2) is 0 Å². The molecule has 0 aromatic heterocycles. The van der Waals surface area contributed by atoms with Gasteiger partial charge in [0.1, 0.15) is 6.04 Å². The van der Waals surface area contributed by atoms with Gasteiger partial charge in [-0.05, 0) is 19.3 Å². The van der Waals surface area contributed by atoms with Gasteiger partial charge in [0.15, 0.2) is 0 Å². The Morgan fingerprint density at radius 2 is 1.26 bits per heavy atom. The van der Waals surface area contributed by atoms with E-state index in [1.807, 2.05) is 0 Å². The number of hydrogen-bond acceptors (Lipinski definition) is 11. The van der Waals surface area contributed by atoms with E-state index >= 15 is 0 Å². The number of hydrogen-bond donors (Lipinski definition) is 1. The molecule has 0 heterocycles. The molecule has 1 atom stereocenters. The van der Waals surface area contributed by atoms with Gasteiger partial charge in [-0.3, -0.25) is 18.7 Å². The molecule has 0 radical (unpaired) electrons. The lowest BCUT2D eigenvalue weighted by Crippen LogP contribution is -2.41. The molecule has 0 bridgehead atoms. The average Bonchev–Trinajstić information content (AvgIpc) is 2.76. The van der Waals surface area contributed by atoms with Crippen LogP contribution in [0.2, 0.25) is 0 Å². The first-order valence-corrected chi connectivity index (χ1v) is 13.0. The molecule has 1 N–H and O–H groups in total. The molecule has 1 unspecified atom stereocenters. The second-order valence-corrected chi connectivity index (χ2v) is 11.1. The molecule has 0 aliphatic rings. The fourth-order valence-corrected chi connectivity index (χ4v) is 4.38. The molecule has 1 amide bonds. The fraction of sp³-hybridized carbons (Fsp3) is 0.824. The summed E-state index contributed by atoms with van der Waals surface area (Å²) >= 11 is 0. The highest BCUT2D eigenvalue weighted by molar-refractivity contribution is 7.54. The molecule has 0 saturated heterocycles. The Hall–Kier alpha value is -1.29. The number of carbonyl (C=O) groups excluding carboxylic acids is 3. The van der Waals surface area contributed by atoms with Gasteiger partial charge in [-0.15, -0.1) is 0 Å². The van der Waals surface area contributed by atoms with Crippen molar-refractivity contribution < 1.29 is 51.1 Å². The standard InChI is InChI=1S/C17H33NO11P2/c1-14(19)18-15(17(21)29-11-7-13-31(23,26-4)27-5)8-9-16(20)28-10-6-12-30(22,24-2)25-3/h15H,6-13H2,1-5H3,(H,18,19). The van der Waals surface area contributed by atoms with Crippen LogP contribution in [0.4, 0.5) is 0 Å².